The number of rotatable bonds is 6. The molecule has 4 rings (SSSR count). The van der Waals surface area contributed by atoms with E-state index in [1.165, 1.54) is 18.2 Å². The number of benzene rings is 3. The van der Waals surface area contributed by atoms with Gasteiger partial charge < -0.3 is 20.0 Å². The van der Waals surface area contributed by atoms with Crippen LogP contribution in [-0.2, 0) is 4.84 Å². The summed E-state index contributed by atoms with van der Waals surface area (Å²) in [6.45, 7) is 11.1. The maximum atomic E-state index is 12.8. The molecule has 10 heteroatoms. The maximum Gasteiger partial charge on any atom is 0.430 e. The molecule has 0 saturated carbocycles. The Labute approximate surface area is 233 Å². The van der Waals surface area contributed by atoms with Crippen molar-refractivity contribution in [3.05, 3.63) is 83.4 Å². The molecule has 1 fully saturated rings. The molecule has 0 atom stereocenters. The highest BCUT2D eigenvalue weighted by atomic mass is 16.7. The van der Waals surface area contributed by atoms with Crippen molar-refractivity contribution in [2.24, 2.45) is 0 Å². The van der Waals surface area contributed by atoms with E-state index in [0.717, 1.165) is 5.56 Å². The summed E-state index contributed by atoms with van der Waals surface area (Å²) in [4.78, 5) is 43.7. The van der Waals surface area contributed by atoms with E-state index in [4.69, 9.17) is 9.57 Å². The third-order valence-corrected chi connectivity index (χ3v) is 6.57. The molecule has 1 heterocycles. The van der Waals surface area contributed by atoms with Crippen molar-refractivity contribution in [3.8, 4) is 11.5 Å². The molecule has 0 aromatic heterocycles. The first-order valence-corrected chi connectivity index (χ1v) is 12.9. The minimum atomic E-state index is -0.816. The molecule has 10 nitrogen and oxygen atoms in total. The minimum Gasteiger partial charge on any atom is -0.507 e. The molecule has 3 aromatic rings. The lowest BCUT2D eigenvalue weighted by Crippen LogP contribution is -2.67. The van der Waals surface area contributed by atoms with E-state index >= 15 is 0 Å². The van der Waals surface area contributed by atoms with E-state index in [0.29, 0.717) is 30.0 Å². The normalized spacial score (nSPS) is 16.0. The molecule has 0 unspecified atom stereocenters. The Morgan fingerprint density at radius 3 is 2.20 bits per heavy atom. The topological polar surface area (TPSA) is 129 Å². The van der Waals surface area contributed by atoms with E-state index < -0.39 is 23.3 Å². The summed E-state index contributed by atoms with van der Waals surface area (Å²) in [6, 6.07) is 17.6. The smallest absolute Gasteiger partial charge is 0.430 e. The first kappa shape index (κ1) is 28.6. The number of phenols is 1. The van der Waals surface area contributed by atoms with Gasteiger partial charge in [0.1, 0.15) is 11.5 Å². The van der Waals surface area contributed by atoms with Gasteiger partial charge in [0, 0.05) is 36.1 Å². The number of hydroxylamine groups is 2. The molecule has 210 valence electrons. The summed E-state index contributed by atoms with van der Waals surface area (Å²) < 4.78 is 5.29. The van der Waals surface area contributed by atoms with E-state index in [-0.39, 0.29) is 22.8 Å². The highest BCUT2D eigenvalue weighted by Crippen LogP contribution is 2.30. The number of nitrogens with zero attached hydrogens (tertiary/aromatic N) is 1. The van der Waals surface area contributed by atoms with Crippen LogP contribution in [-0.4, -0.2) is 52.3 Å². The quantitative estimate of drug-likeness (QED) is 0.300. The zero-order chi connectivity index (χ0) is 29.1. The summed E-state index contributed by atoms with van der Waals surface area (Å²) >= 11 is 0. The van der Waals surface area contributed by atoms with Crippen LogP contribution in [0.15, 0.2) is 66.7 Å². The molecule has 1 aliphatic heterocycles. The van der Waals surface area contributed by atoms with Crippen molar-refractivity contribution in [1.29, 1.82) is 0 Å². The Bertz CT molecular complexity index is 1400. The molecule has 1 aliphatic rings. The largest absolute Gasteiger partial charge is 0.507 e. The van der Waals surface area contributed by atoms with Crippen LogP contribution < -0.4 is 20.7 Å². The summed E-state index contributed by atoms with van der Waals surface area (Å²) in [5, 5.41) is 20.8. The van der Waals surface area contributed by atoms with Crippen molar-refractivity contribution < 1.29 is 29.1 Å². The number of piperazine rings is 1. The average molecular weight is 547 g/mol. The number of ether oxygens (including phenoxy) is 1. The van der Waals surface area contributed by atoms with Crippen molar-refractivity contribution in [2.45, 2.75) is 45.7 Å². The molecule has 4 N–H and O–H groups in total. The molecule has 0 spiro atoms. The van der Waals surface area contributed by atoms with Gasteiger partial charge in [-0.25, -0.2) is 9.59 Å². The first-order chi connectivity index (χ1) is 18.9. The fourth-order valence-electron chi connectivity index (χ4n) is 4.70. The number of phenolic OH excluding ortho intramolecular Hbond substituents is 1. The fourth-order valence-corrected chi connectivity index (χ4v) is 4.70. The predicted molar refractivity (Wildman–Crippen MR) is 152 cm³/mol. The second kappa shape index (κ2) is 11.4. The Kier molecular flexibility index (Phi) is 8.13. The predicted octanol–water partition coefficient (Wildman–Crippen LogP) is 5.47. The number of carbonyl (C=O) groups is 3. The van der Waals surface area contributed by atoms with Crippen LogP contribution in [0.5, 0.6) is 11.5 Å². The van der Waals surface area contributed by atoms with E-state index in [9.17, 15) is 19.5 Å². The van der Waals surface area contributed by atoms with Gasteiger partial charge in [0.25, 0.3) is 0 Å². The van der Waals surface area contributed by atoms with Crippen LogP contribution in [0.3, 0.4) is 0 Å². The van der Waals surface area contributed by atoms with Crippen molar-refractivity contribution in [3.63, 3.8) is 0 Å². The van der Waals surface area contributed by atoms with Crippen LogP contribution >= 0.6 is 0 Å². The van der Waals surface area contributed by atoms with Gasteiger partial charge in [-0.1, -0.05) is 36.4 Å². The van der Waals surface area contributed by atoms with Gasteiger partial charge >= 0.3 is 12.2 Å². The monoisotopic (exact) mass is 546 g/mol. The number of ketones is 1. The lowest BCUT2D eigenvalue weighted by Gasteiger charge is -2.50. The van der Waals surface area contributed by atoms with Crippen molar-refractivity contribution in [1.82, 2.24) is 10.4 Å². The number of aryl methyl sites for hydroxylation is 1. The molecular weight excluding hydrogens is 512 g/mol. The van der Waals surface area contributed by atoms with E-state index in [2.05, 4.69) is 16.0 Å². The number of nitrogens with one attached hydrogen (secondary N) is 3. The van der Waals surface area contributed by atoms with Crippen molar-refractivity contribution >= 4 is 29.3 Å². The van der Waals surface area contributed by atoms with Gasteiger partial charge in [-0.05, 0) is 64.4 Å². The van der Waals surface area contributed by atoms with Crippen LogP contribution in [0.4, 0.5) is 21.0 Å². The Hall–Kier alpha value is -4.41. The van der Waals surface area contributed by atoms with Crippen LogP contribution in [0.1, 0.15) is 49.2 Å². The lowest BCUT2D eigenvalue weighted by molar-refractivity contribution is -0.228. The lowest BCUT2D eigenvalue weighted by atomic mass is 9.92. The molecule has 0 aliphatic carbocycles. The minimum absolute atomic E-state index is 0.0508. The zero-order valence-electron chi connectivity index (χ0n) is 23.2. The molecule has 2 amide bonds. The van der Waals surface area contributed by atoms with Gasteiger partial charge in [0.15, 0.2) is 5.78 Å². The second-order valence-electron chi connectivity index (χ2n) is 10.9. The molecule has 1 saturated heterocycles. The molecule has 0 radical (unpaired) electrons. The first-order valence-electron chi connectivity index (χ1n) is 12.9. The second-order valence-corrected chi connectivity index (χ2v) is 10.9. The van der Waals surface area contributed by atoms with Gasteiger partial charge in [0.2, 0.25) is 0 Å². The Balaban J connectivity index is 1.39. The summed E-state index contributed by atoms with van der Waals surface area (Å²) in [7, 11) is 0. The number of hydrogen-bond acceptors (Lipinski definition) is 8. The third-order valence-electron chi connectivity index (χ3n) is 6.57. The maximum absolute atomic E-state index is 12.8. The van der Waals surface area contributed by atoms with Crippen molar-refractivity contribution in [2.75, 3.05) is 23.7 Å². The molecule has 40 heavy (non-hydrogen) atoms. The molecule has 0 bridgehead atoms. The Morgan fingerprint density at radius 1 is 0.875 bits per heavy atom. The number of aromatic hydroxyl groups is 1. The average Bonchev–Trinajstić information content (AvgIpc) is 2.88. The van der Waals surface area contributed by atoms with E-state index in [1.54, 1.807) is 53.6 Å². The Morgan fingerprint density at radius 2 is 1.55 bits per heavy atom. The SMILES string of the molecule is Cc1ccc(NC(=O)Oc2ccc(C(=O)c3ccccc3)c(O)c2)cc1NC(=O)ON1C(C)(C)CNCC1(C)C. The van der Waals surface area contributed by atoms with Crippen LogP contribution in [0, 0.1) is 6.92 Å². The summed E-state index contributed by atoms with van der Waals surface area (Å²) in [5.41, 5.74) is 1.28. The van der Waals surface area contributed by atoms with Gasteiger partial charge in [-0.3, -0.25) is 15.4 Å². The third kappa shape index (κ3) is 6.59. The van der Waals surface area contributed by atoms with Gasteiger partial charge in [0.05, 0.1) is 16.6 Å². The van der Waals surface area contributed by atoms with Crippen LogP contribution in [0.25, 0.3) is 0 Å². The zero-order valence-corrected chi connectivity index (χ0v) is 23.2. The highest BCUT2D eigenvalue weighted by molar-refractivity contribution is 6.10. The molecular formula is C30H34N4O6. The van der Waals surface area contributed by atoms with Gasteiger partial charge in [-0.15, -0.1) is 5.06 Å². The summed E-state index contributed by atoms with van der Waals surface area (Å²) in [6.07, 6.45) is -1.46. The van der Waals surface area contributed by atoms with Crippen LogP contribution in [0.2, 0.25) is 0 Å². The number of carbonyl (C=O) groups excluding carboxylic acids is 3. The van der Waals surface area contributed by atoms with Gasteiger partial charge in [-0.2, -0.15) is 0 Å². The number of hydrogen-bond donors (Lipinski definition) is 4. The number of anilines is 2. The molecule has 3 aromatic carbocycles. The highest BCUT2D eigenvalue weighted by Gasteiger charge is 2.44. The fraction of sp³-hybridized carbons (Fsp3) is 0.300. The standard InChI is InChI=1S/C30H34N4O6/c1-19-11-12-21(15-24(19)33-28(38)40-34-29(2,3)17-31-18-30(34,4)5)32-27(37)39-22-13-14-23(25(35)16-22)26(36)20-9-7-6-8-10-20/h6-16,31,35H,17-18H2,1-5H3,(H,32,37)(H,33,38). The number of amides is 2. The van der Waals surface area contributed by atoms with E-state index in [1.807, 2.05) is 34.6 Å². The summed E-state index contributed by atoms with van der Waals surface area (Å²) in [5.74, 6) is -0.610.